The molecule has 1 aliphatic heterocycles. The Morgan fingerprint density at radius 2 is 1.40 bits per heavy atom. The number of benzene rings is 1. The highest BCUT2D eigenvalue weighted by atomic mass is 32.1. The lowest BCUT2D eigenvalue weighted by molar-refractivity contribution is -0.143. The molecule has 0 unspecified atom stereocenters. The number of ether oxygens (including phenoxy) is 2. The fraction of sp³-hybridized carbons (Fsp3) is 0.383. The van der Waals surface area contributed by atoms with E-state index in [1.54, 1.807) is 70.9 Å². The first-order valence-corrected chi connectivity index (χ1v) is 34.3. The molecule has 8 N–H and O–H groups in total. The Bertz CT molecular complexity index is 4020. The Morgan fingerprint density at radius 3 is 2.13 bits per heavy atom. The number of anilines is 1. The van der Waals surface area contributed by atoms with Crippen LogP contribution in [0.1, 0.15) is 151 Å². The molecule has 4 atom stereocenters. The van der Waals surface area contributed by atoms with Crippen molar-refractivity contribution in [1.29, 1.82) is 0 Å². The number of rotatable bonds is 16. The highest BCUT2D eigenvalue weighted by molar-refractivity contribution is 7.15. The third-order valence-corrected chi connectivity index (χ3v) is 20.8. The average Bonchev–Trinajstić information content (AvgIpc) is 1.62. The zero-order chi connectivity index (χ0) is 65.3. The van der Waals surface area contributed by atoms with Crippen molar-refractivity contribution in [2.75, 3.05) is 32.1 Å². The molecular weight excluding hydrogens is 1300 g/mol. The van der Waals surface area contributed by atoms with E-state index in [0.29, 0.717) is 101 Å². The fourth-order valence-corrected chi connectivity index (χ4v) is 15.7. The molecule has 2 aliphatic rings. The van der Waals surface area contributed by atoms with Gasteiger partial charge in [-0.3, -0.25) is 38.5 Å². The number of pyridine rings is 1. The molecule has 482 valence electrons. The van der Waals surface area contributed by atoms with Crippen LogP contribution in [0.4, 0.5) is 10.6 Å². The average molecular weight is 1370 g/mol. The van der Waals surface area contributed by atoms with E-state index in [1.807, 2.05) is 13.8 Å². The first-order valence-electron chi connectivity index (χ1n) is 29.1. The number of aryl methyl sites for hydroxylation is 1. The summed E-state index contributed by atoms with van der Waals surface area (Å²) in [5, 5.41) is 53.8. The van der Waals surface area contributed by atoms with E-state index in [4.69, 9.17) is 44.4 Å². The zero-order valence-electron chi connectivity index (χ0n) is 50.1. The van der Waals surface area contributed by atoms with Crippen LogP contribution in [0.5, 0.6) is 0 Å². The molecule has 6 amide bonds. The van der Waals surface area contributed by atoms with Crippen LogP contribution in [-0.4, -0.2) is 131 Å². The van der Waals surface area contributed by atoms with Gasteiger partial charge in [0.05, 0.1) is 48.1 Å². The third kappa shape index (κ3) is 15.7. The molecule has 1 fully saturated rings. The van der Waals surface area contributed by atoms with Crippen molar-refractivity contribution in [3.8, 4) is 43.4 Å². The number of aliphatic hydroxyl groups is 1. The lowest BCUT2D eigenvalue weighted by Gasteiger charge is -2.28. The molecule has 8 aromatic rings. The van der Waals surface area contributed by atoms with E-state index < -0.39 is 90.4 Å². The topological polar surface area (TPSA) is 369 Å². The van der Waals surface area contributed by atoms with Crippen LogP contribution in [0, 0.1) is 18.8 Å². The van der Waals surface area contributed by atoms with Gasteiger partial charge in [0.1, 0.15) is 88.3 Å². The smallest absolute Gasteiger partial charge is 0.415 e. The molecule has 92 heavy (non-hydrogen) atoms. The number of carboxylic acid groups (broad SMARTS) is 2. The van der Waals surface area contributed by atoms with Crippen LogP contribution < -0.4 is 31.5 Å². The van der Waals surface area contributed by atoms with Crippen LogP contribution in [0.2, 0.25) is 0 Å². The van der Waals surface area contributed by atoms with Crippen LogP contribution in [0.3, 0.4) is 0 Å². The van der Waals surface area contributed by atoms with Crippen molar-refractivity contribution >= 4 is 121 Å². The van der Waals surface area contributed by atoms with Gasteiger partial charge >= 0.3 is 18.0 Å². The first kappa shape index (κ1) is 66.5. The van der Waals surface area contributed by atoms with Crippen molar-refractivity contribution in [2.45, 2.75) is 109 Å². The summed E-state index contributed by atoms with van der Waals surface area (Å²) in [6, 6.07) is 9.27. The number of carbonyl (C=O) groups is 8. The van der Waals surface area contributed by atoms with Gasteiger partial charge in [-0.2, -0.15) is 0 Å². The summed E-state index contributed by atoms with van der Waals surface area (Å²) >= 11 is 7.01. The fourth-order valence-electron chi connectivity index (χ4n) is 10.2. The number of nitrogens with one attached hydrogen (secondary N) is 5. The minimum Gasteiger partial charge on any atom is -0.481 e. The number of nitrogens with zero attached hydrogens (tertiary/aromatic N) is 8. The van der Waals surface area contributed by atoms with Gasteiger partial charge < -0.3 is 51.4 Å². The van der Waals surface area contributed by atoms with Crippen LogP contribution in [0.25, 0.3) is 43.4 Å². The molecule has 10 rings (SSSR count). The summed E-state index contributed by atoms with van der Waals surface area (Å²) in [6.45, 7) is 4.96. The van der Waals surface area contributed by atoms with Gasteiger partial charge in [0.2, 0.25) is 11.8 Å². The van der Waals surface area contributed by atoms with Crippen molar-refractivity contribution in [3.05, 3.63) is 111 Å². The maximum absolute atomic E-state index is 14.4. The van der Waals surface area contributed by atoms with Gasteiger partial charge in [0, 0.05) is 59.1 Å². The van der Waals surface area contributed by atoms with Crippen LogP contribution in [-0.2, 0) is 35.3 Å². The molecular formula is C60H63N13O13S6. The van der Waals surface area contributed by atoms with Gasteiger partial charge in [-0.15, -0.1) is 68.0 Å². The molecule has 26 nitrogen and oxygen atoms in total. The van der Waals surface area contributed by atoms with Gasteiger partial charge in [0.15, 0.2) is 0 Å². The maximum Gasteiger partial charge on any atom is 0.415 e. The predicted octanol–water partition coefficient (Wildman–Crippen LogP) is 9.15. The molecule has 1 aliphatic carbocycles. The van der Waals surface area contributed by atoms with Crippen molar-refractivity contribution < 1.29 is 63.1 Å². The van der Waals surface area contributed by atoms with Gasteiger partial charge in [-0.1, -0.05) is 44.2 Å². The molecule has 1 aromatic carbocycles. The van der Waals surface area contributed by atoms with E-state index in [1.165, 1.54) is 53.1 Å². The number of fused-ring (bicyclic) bond motifs is 14. The van der Waals surface area contributed by atoms with Crippen LogP contribution in [0.15, 0.2) is 64.0 Å². The zero-order valence-corrected chi connectivity index (χ0v) is 55.0. The third-order valence-electron chi connectivity index (χ3n) is 15.0. The second-order valence-electron chi connectivity index (χ2n) is 21.8. The highest BCUT2D eigenvalue weighted by Crippen LogP contribution is 2.41. The number of carboxylic acids is 2. The van der Waals surface area contributed by atoms with Gasteiger partial charge in [-0.05, 0) is 69.1 Å². The first-order chi connectivity index (χ1) is 44.2. The Balaban J connectivity index is 1.03. The summed E-state index contributed by atoms with van der Waals surface area (Å²) in [4.78, 5) is 143. The number of aliphatic carboxylic acids is 2. The Labute approximate surface area is 550 Å². The van der Waals surface area contributed by atoms with Gasteiger partial charge in [-0.25, -0.2) is 39.7 Å². The van der Waals surface area contributed by atoms with Crippen molar-refractivity contribution in [2.24, 2.45) is 11.8 Å². The SMILES string of the molecule is CNC(=O)C[C@@H]1NC(=O)c2csc(n2)-c2ccc(-c3nc(N(CCCCC(=O)O)C(=O)OC4CCC(C(=O)O)CC4)cs3)nc2-c2csc(n2)-c2csc(n2)[C@H]([C@@H](O)c2ccccc2)NC(=O)CNC(=O)c2nc(sc2COC)[C@H](C(C)C)NC(=O)c2nc1sc2C. The molecule has 32 heteroatoms. The quantitative estimate of drug-likeness (QED) is 0.0418. The lowest BCUT2D eigenvalue weighted by Crippen LogP contribution is -2.40. The number of methoxy groups -OCH3 is 1. The highest BCUT2D eigenvalue weighted by Gasteiger charge is 2.35. The second-order valence-corrected chi connectivity index (χ2v) is 27.7. The molecule has 1 saturated carbocycles. The summed E-state index contributed by atoms with van der Waals surface area (Å²) in [5.41, 5.74) is 2.35. The number of hydrogen-bond acceptors (Lipinski definition) is 24. The number of amides is 6. The molecule has 0 spiro atoms. The van der Waals surface area contributed by atoms with E-state index in [-0.39, 0.29) is 66.2 Å². The number of aliphatic hydroxyl groups excluding tert-OH is 1. The summed E-state index contributed by atoms with van der Waals surface area (Å²) in [5.74, 6) is -5.45. The minimum absolute atomic E-state index is 0.00983. The number of hydrogen-bond donors (Lipinski definition) is 8. The van der Waals surface area contributed by atoms with E-state index in [0.717, 1.165) is 34.0 Å². The normalized spacial score (nSPS) is 18.4. The summed E-state index contributed by atoms with van der Waals surface area (Å²) in [7, 11) is 2.92. The Morgan fingerprint density at radius 1 is 0.696 bits per heavy atom. The molecule has 0 saturated heterocycles. The van der Waals surface area contributed by atoms with Crippen LogP contribution >= 0.6 is 68.0 Å². The standard InChI is InChI=1S/C60H63N13O13S6/c1-28(2)44-58-72-47(39(92-58)23-85-5)51(80)62-22-42(75)69-48(49(78)30-11-7-6-8-12-30)57-67-38(26-89-57)55-65-36(24-88-55)46-33(53-66-37(25-87-53)50(79)64-35(21-41(74)61-4)56-71-45(29(3)91-56)52(81)70-44)18-19-34(63-46)54-68-40(27-90-54)73(20-10-9-13-43(76)77)60(84)86-32-16-14-31(15-17-32)59(82)83/h6-8,11-12,18-19,24-28,31-32,35,44,48-49,78H,9-10,13-17,20-23H2,1-5H3,(H,61,74)(H,62,80)(H,64,79)(H,69,75)(H,70,81)(H,76,77)(H,82,83)/t31?,32?,35-,44-,48-,49-/m0/s1. The maximum atomic E-state index is 14.4. The molecule has 7 aromatic heterocycles. The number of thiazole rings is 6. The Kier molecular flexibility index (Phi) is 21.7. The van der Waals surface area contributed by atoms with Crippen molar-refractivity contribution in [1.82, 2.24) is 61.5 Å². The molecule has 8 heterocycles. The minimum atomic E-state index is -1.31. The number of carbonyl (C=O) groups excluding carboxylic acids is 6. The molecule has 0 radical (unpaired) electrons. The van der Waals surface area contributed by atoms with E-state index >= 15 is 0 Å². The predicted molar refractivity (Wildman–Crippen MR) is 346 cm³/mol. The number of unbranched alkanes of at least 4 members (excludes halogenated alkanes) is 1. The number of aromatic nitrogens is 7. The summed E-state index contributed by atoms with van der Waals surface area (Å²) < 4.78 is 11.4. The largest absolute Gasteiger partial charge is 0.481 e. The van der Waals surface area contributed by atoms with Crippen molar-refractivity contribution in [3.63, 3.8) is 0 Å². The van der Waals surface area contributed by atoms with Gasteiger partial charge in [0.25, 0.3) is 17.7 Å². The summed E-state index contributed by atoms with van der Waals surface area (Å²) in [6.07, 6.45) is -0.911. The Hall–Kier alpha value is -8.37. The van der Waals surface area contributed by atoms with E-state index in [2.05, 4.69) is 26.6 Å². The molecule has 10 bridgehead atoms. The lowest BCUT2D eigenvalue weighted by atomic mass is 9.87. The monoisotopic (exact) mass is 1370 g/mol. The van der Waals surface area contributed by atoms with E-state index in [9.17, 15) is 53.7 Å². The second kappa shape index (κ2) is 29.9.